The van der Waals surface area contributed by atoms with Gasteiger partial charge in [0.2, 0.25) is 0 Å². The Labute approximate surface area is 138 Å². The van der Waals surface area contributed by atoms with Gasteiger partial charge in [0.25, 0.3) is 5.91 Å². The maximum absolute atomic E-state index is 12.6. The van der Waals surface area contributed by atoms with Crippen molar-refractivity contribution in [1.82, 2.24) is 19.2 Å². The molecule has 6 nitrogen and oxygen atoms in total. The van der Waals surface area contributed by atoms with E-state index in [-0.39, 0.29) is 5.91 Å². The molecule has 3 aromatic heterocycles. The Hall–Kier alpha value is -2.15. The number of aryl methyl sites for hydroxylation is 3. The monoisotopic (exact) mass is 329 g/mol. The van der Waals surface area contributed by atoms with E-state index < -0.39 is 0 Å². The number of carbonyl (C=O) groups excluding carboxylic acids is 1. The summed E-state index contributed by atoms with van der Waals surface area (Å²) in [6, 6.07) is 0. The number of carbonyl (C=O) groups is 1. The van der Waals surface area contributed by atoms with Crippen molar-refractivity contribution in [3.8, 4) is 0 Å². The van der Waals surface area contributed by atoms with Gasteiger partial charge in [-0.1, -0.05) is 12.8 Å². The van der Waals surface area contributed by atoms with E-state index in [0.717, 1.165) is 18.5 Å². The van der Waals surface area contributed by atoms with Gasteiger partial charge >= 0.3 is 0 Å². The number of rotatable bonds is 2. The molecule has 1 aliphatic carbocycles. The van der Waals surface area contributed by atoms with E-state index in [9.17, 15) is 4.79 Å². The lowest BCUT2D eigenvalue weighted by Crippen LogP contribution is -2.12. The minimum absolute atomic E-state index is 0.150. The van der Waals surface area contributed by atoms with Gasteiger partial charge in [0, 0.05) is 24.3 Å². The molecule has 0 fully saturated rings. The molecule has 0 aromatic carbocycles. The zero-order valence-corrected chi connectivity index (χ0v) is 13.9. The normalized spacial score (nSPS) is 15.2. The molecular weight excluding hydrogens is 310 g/mol. The first-order valence-corrected chi connectivity index (χ1v) is 8.82. The van der Waals surface area contributed by atoms with E-state index in [4.69, 9.17) is 0 Å². The lowest BCUT2D eigenvalue weighted by atomic mass is 10.0. The van der Waals surface area contributed by atoms with Crippen LogP contribution >= 0.6 is 11.3 Å². The van der Waals surface area contributed by atoms with Gasteiger partial charge in [0.15, 0.2) is 5.13 Å². The van der Waals surface area contributed by atoms with Gasteiger partial charge < -0.3 is 4.57 Å². The molecule has 0 saturated carbocycles. The van der Waals surface area contributed by atoms with Crippen molar-refractivity contribution in [3.05, 3.63) is 34.7 Å². The van der Waals surface area contributed by atoms with E-state index in [1.807, 2.05) is 24.0 Å². The number of fused-ring (bicyclic) bond motifs is 2. The summed E-state index contributed by atoms with van der Waals surface area (Å²) in [5.41, 5.74) is 2.53. The van der Waals surface area contributed by atoms with Crippen molar-refractivity contribution in [1.29, 1.82) is 0 Å². The van der Waals surface area contributed by atoms with Crippen LogP contribution in [0.25, 0.3) is 5.65 Å². The molecule has 1 aliphatic rings. The number of hydrogen-bond acceptors (Lipinski definition) is 4. The molecule has 1 N–H and O–H groups in total. The van der Waals surface area contributed by atoms with Crippen LogP contribution in [0, 0.1) is 0 Å². The van der Waals surface area contributed by atoms with Crippen molar-refractivity contribution in [3.63, 3.8) is 0 Å². The zero-order chi connectivity index (χ0) is 15.8. The van der Waals surface area contributed by atoms with Crippen molar-refractivity contribution < 1.29 is 4.79 Å². The maximum atomic E-state index is 12.6. The SMILES string of the molecule is Cn1ccn2ncc(C(=O)Nc3nc4c(s3)CCCCCC4)c12. The topological polar surface area (TPSA) is 64.2 Å². The number of nitrogens with one attached hydrogen (secondary N) is 1. The highest BCUT2D eigenvalue weighted by atomic mass is 32.1. The Morgan fingerprint density at radius 3 is 2.91 bits per heavy atom. The lowest BCUT2D eigenvalue weighted by Gasteiger charge is -2.06. The molecule has 7 heteroatoms. The van der Waals surface area contributed by atoms with Gasteiger partial charge in [0.05, 0.1) is 11.9 Å². The molecular formula is C16H19N5OS. The fraction of sp³-hybridized carbons (Fsp3) is 0.438. The first-order chi connectivity index (χ1) is 11.2. The molecule has 0 spiro atoms. The van der Waals surface area contributed by atoms with Gasteiger partial charge in [-0.3, -0.25) is 10.1 Å². The zero-order valence-electron chi connectivity index (χ0n) is 13.1. The van der Waals surface area contributed by atoms with Gasteiger partial charge in [-0.2, -0.15) is 5.10 Å². The number of aromatic nitrogens is 4. The first-order valence-electron chi connectivity index (χ1n) is 8.01. The molecule has 0 bridgehead atoms. The average molecular weight is 329 g/mol. The van der Waals surface area contributed by atoms with Crippen LogP contribution in [0.15, 0.2) is 18.6 Å². The van der Waals surface area contributed by atoms with E-state index in [2.05, 4.69) is 15.4 Å². The molecule has 4 rings (SSSR count). The Bertz CT molecular complexity index is 834. The second-order valence-electron chi connectivity index (χ2n) is 5.99. The Kier molecular flexibility index (Phi) is 3.65. The van der Waals surface area contributed by atoms with E-state index in [0.29, 0.717) is 10.7 Å². The van der Waals surface area contributed by atoms with Crippen molar-refractivity contribution in [2.45, 2.75) is 38.5 Å². The molecule has 0 atom stereocenters. The fourth-order valence-electron chi connectivity index (χ4n) is 3.13. The van der Waals surface area contributed by atoms with E-state index >= 15 is 0 Å². The summed E-state index contributed by atoms with van der Waals surface area (Å²) in [4.78, 5) is 18.6. The third kappa shape index (κ3) is 2.65. The standard InChI is InChI=1S/C16H19N5OS/c1-20-8-9-21-15(20)11(10-17-21)14(22)19-16-18-12-6-4-2-3-5-7-13(12)23-16/h8-10H,2-7H2,1H3,(H,18,19,22). The van der Waals surface area contributed by atoms with E-state index in [1.54, 1.807) is 22.0 Å². The Morgan fingerprint density at radius 2 is 2.04 bits per heavy atom. The molecule has 23 heavy (non-hydrogen) atoms. The highest BCUT2D eigenvalue weighted by Gasteiger charge is 2.19. The molecule has 0 unspecified atom stereocenters. The van der Waals surface area contributed by atoms with Gasteiger partial charge in [-0.15, -0.1) is 11.3 Å². The minimum atomic E-state index is -0.150. The predicted molar refractivity (Wildman–Crippen MR) is 90.1 cm³/mol. The highest BCUT2D eigenvalue weighted by molar-refractivity contribution is 7.15. The molecule has 3 heterocycles. The average Bonchev–Trinajstić information content (AvgIpc) is 3.17. The van der Waals surface area contributed by atoms with E-state index in [1.165, 1.54) is 36.3 Å². The number of nitrogens with zero attached hydrogens (tertiary/aromatic N) is 4. The minimum Gasteiger partial charge on any atom is -0.334 e. The third-order valence-corrected chi connectivity index (χ3v) is 5.42. The third-order valence-electron chi connectivity index (χ3n) is 4.35. The van der Waals surface area contributed by atoms with Crippen LogP contribution in [0.4, 0.5) is 5.13 Å². The molecule has 0 saturated heterocycles. The summed E-state index contributed by atoms with van der Waals surface area (Å²) < 4.78 is 3.60. The van der Waals surface area contributed by atoms with Crippen LogP contribution < -0.4 is 5.32 Å². The summed E-state index contributed by atoms with van der Waals surface area (Å²) in [7, 11) is 1.91. The first kappa shape index (κ1) is 14.4. The number of thiazole rings is 1. The molecule has 120 valence electrons. The van der Waals surface area contributed by atoms with Gasteiger partial charge in [-0.25, -0.2) is 9.50 Å². The number of anilines is 1. The summed E-state index contributed by atoms with van der Waals surface area (Å²) in [5.74, 6) is -0.150. The molecule has 1 amide bonds. The van der Waals surface area contributed by atoms with Crippen LogP contribution in [0.2, 0.25) is 0 Å². The molecule has 0 radical (unpaired) electrons. The Balaban J connectivity index is 1.59. The number of imidazole rings is 1. The summed E-state index contributed by atoms with van der Waals surface area (Å²) in [6.45, 7) is 0. The fourth-order valence-corrected chi connectivity index (χ4v) is 4.18. The molecule has 0 aliphatic heterocycles. The molecule has 3 aromatic rings. The van der Waals surface area contributed by atoms with Crippen LogP contribution in [0.5, 0.6) is 0 Å². The summed E-state index contributed by atoms with van der Waals surface area (Å²) in [6.07, 6.45) is 12.4. The quantitative estimate of drug-likeness (QED) is 0.786. The number of amides is 1. The maximum Gasteiger partial charge on any atom is 0.262 e. The van der Waals surface area contributed by atoms with Crippen molar-refractivity contribution in [2.24, 2.45) is 7.05 Å². The van der Waals surface area contributed by atoms with Crippen LogP contribution in [0.3, 0.4) is 0 Å². The summed E-state index contributed by atoms with van der Waals surface area (Å²) in [5, 5.41) is 7.87. The lowest BCUT2D eigenvalue weighted by molar-refractivity contribution is 0.102. The van der Waals surface area contributed by atoms with Crippen LogP contribution in [0.1, 0.15) is 46.6 Å². The van der Waals surface area contributed by atoms with Gasteiger partial charge in [0.1, 0.15) is 11.2 Å². The van der Waals surface area contributed by atoms with Gasteiger partial charge in [-0.05, 0) is 25.7 Å². The van der Waals surface area contributed by atoms with Crippen molar-refractivity contribution in [2.75, 3.05) is 5.32 Å². The second kappa shape index (κ2) is 5.81. The van der Waals surface area contributed by atoms with Crippen molar-refractivity contribution >= 4 is 28.0 Å². The second-order valence-corrected chi connectivity index (χ2v) is 7.08. The summed E-state index contributed by atoms with van der Waals surface area (Å²) >= 11 is 1.62. The predicted octanol–water partition coefficient (Wildman–Crippen LogP) is 3.04. The Morgan fingerprint density at radius 1 is 1.22 bits per heavy atom. The largest absolute Gasteiger partial charge is 0.334 e. The smallest absolute Gasteiger partial charge is 0.262 e. The van der Waals surface area contributed by atoms with Crippen LogP contribution in [-0.2, 0) is 19.9 Å². The number of hydrogen-bond donors (Lipinski definition) is 1. The highest BCUT2D eigenvalue weighted by Crippen LogP contribution is 2.29. The van der Waals surface area contributed by atoms with Crippen LogP contribution in [-0.4, -0.2) is 25.1 Å².